The van der Waals surface area contributed by atoms with Crippen molar-refractivity contribution in [1.82, 2.24) is 0 Å². The van der Waals surface area contributed by atoms with Crippen LogP contribution >= 0.6 is 0 Å². The summed E-state index contributed by atoms with van der Waals surface area (Å²) in [7, 11) is 0. The summed E-state index contributed by atoms with van der Waals surface area (Å²) in [5.41, 5.74) is 5.27. The highest BCUT2D eigenvalue weighted by Crippen LogP contribution is 2.24. The van der Waals surface area contributed by atoms with Gasteiger partial charge in [-0.05, 0) is 43.0 Å². The average Bonchev–Trinajstić information content (AvgIpc) is 2.56. The molecule has 0 saturated carbocycles. The summed E-state index contributed by atoms with van der Waals surface area (Å²) in [5, 5.41) is 0. The zero-order valence-electron chi connectivity index (χ0n) is 14.3. The monoisotopic (exact) mass is 295 g/mol. The van der Waals surface area contributed by atoms with Crippen LogP contribution in [-0.2, 0) is 0 Å². The molecule has 0 atom stereocenters. The van der Waals surface area contributed by atoms with E-state index in [0.29, 0.717) is 0 Å². The molecule has 0 aliphatic carbocycles. The minimum atomic E-state index is 1.17. The van der Waals surface area contributed by atoms with Crippen LogP contribution in [0.1, 0.15) is 45.1 Å². The molecule has 1 nitrogen and oxygen atoms in total. The first kappa shape index (κ1) is 16.6. The Kier molecular flexibility index (Phi) is 6.51. The number of rotatable bonds is 8. The third-order valence-corrected chi connectivity index (χ3v) is 4.18. The van der Waals surface area contributed by atoms with Gasteiger partial charge in [-0.1, -0.05) is 68.7 Å². The second-order valence-electron chi connectivity index (χ2n) is 6.11. The molecule has 0 bridgehead atoms. The summed E-state index contributed by atoms with van der Waals surface area (Å²) in [6, 6.07) is 17.8. The smallest absolute Gasteiger partial charge is 0.0366 e. The molecule has 0 fully saturated rings. The van der Waals surface area contributed by atoms with Crippen LogP contribution in [0.15, 0.2) is 48.5 Å². The zero-order valence-corrected chi connectivity index (χ0v) is 14.3. The van der Waals surface area contributed by atoms with Gasteiger partial charge in [0.1, 0.15) is 0 Å². The van der Waals surface area contributed by atoms with Crippen LogP contribution in [0.3, 0.4) is 0 Å². The molecule has 0 aliphatic rings. The van der Waals surface area contributed by atoms with E-state index in [2.05, 4.69) is 74.2 Å². The zero-order chi connectivity index (χ0) is 15.8. The molecule has 0 heterocycles. The Morgan fingerprint density at radius 2 is 1.14 bits per heavy atom. The van der Waals surface area contributed by atoms with Gasteiger partial charge < -0.3 is 4.90 Å². The lowest BCUT2D eigenvalue weighted by molar-refractivity contribution is 0.678. The van der Waals surface area contributed by atoms with Crippen molar-refractivity contribution in [2.24, 2.45) is 0 Å². The molecule has 0 spiro atoms. The van der Waals surface area contributed by atoms with E-state index in [1.54, 1.807) is 0 Å². The Balaban J connectivity index is 2.12. The van der Waals surface area contributed by atoms with Crippen molar-refractivity contribution in [2.75, 3.05) is 18.0 Å². The Bertz CT molecular complexity index is 531. The molecule has 1 heteroatoms. The normalized spacial score (nSPS) is 10.7. The lowest BCUT2D eigenvalue weighted by Crippen LogP contribution is -2.25. The van der Waals surface area contributed by atoms with Crippen molar-refractivity contribution < 1.29 is 0 Å². The maximum atomic E-state index is 2.53. The summed E-state index contributed by atoms with van der Waals surface area (Å²) in [5.74, 6) is 0. The molecule has 22 heavy (non-hydrogen) atoms. The number of benzene rings is 2. The molecule has 118 valence electrons. The van der Waals surface area contributed by atoms with Gasteiger partial charge in [-0.2, -0.15) is 0 Å². The fraction of sp³-hybridized carbons (Fsp3) is 0.429. The van der Waals surface area contributed by atoms with Crippen LogP contribution in [0, 0.1) is 6.92 Å². The van der Waals surface area contributed by atoms with Crippen molar-refractivity contribution >= 4 is 5.69 Å². The predicted molar refractivity (Wildman–Crippen MR) is 98.6 cm³/mol. The minimum Gasteiger partial charge on any atom is -0.372 e. The standard InChI is InChI=1S/C21H29N/c1-4-6-16-22(17-7-5-2)21-14-12-20(13-15-21)19-10-8-18(3)9-11-19/h8-15H,4-7,16-17H2,1-3H3. The van der Waals surface area contributed by atoms with Crippen LogP contribution in [0.4, 0.5) is 5.69 Å². The van der Waals surface area contributed by atoms with Gasteiger partial charge in [0.15, 0.2) is 0 Å². The van der Waals surface area contributed by atoms with E-state index < -0.39 is 0 Å². The average molecular weight is 295 g/mol. The highest BCUT2D eigenvalue weighted by atomic mass is 15.1. The van der Waals surface area contributed by atoms with Crippen molar-refractivity contribution in [3.05, 3.63) is 54.1 Å². The number of hydrogen-bond donors (Lipinski definition) is 0. The van der Waals surface area contributed by atoms with Crippen LogP contribution < -0.4 is 4.90 Å². The maximum absolute atomic E-state index is 2.53. The first-order valence-corrected chi connectivity index (χ1v) is 8.66. The third kappa shape index (κ3) is 4.62. The van der Waals surface area contributed by atoms with Gasteiger partial charge in [0, 0.05) is 18.8 Å². The number of unbranched alkanes of at least 4 members (excludes halogenated alkanes) is 2. The maximum Gasteiger partial charge on any atom is 0.0366 e. The second kappa shape index (κ2) is 8.63. The van der Waals surface area contributed by atoms with E-state index in [1.807, 2.05) is 0 Å². The molecule has 0 amide bonds. The van der Waals surface area contributed by atoms with Crippen molar-refractivity contribution in [2.45, 2.75) is 46.5 Å². The van der Waals surface area contributed by atoms with Crippen LogP contribution in [0.25, 0.3) is 11.1 Å². The Hall–Kier alpha value is -1.76. The van der Waals surface area contributed by atoms with E-state index in [1.165, 1.54) is 61.2 Å². The van der Waals surface area contributed by atoms with Crippen molar-refractivity contribution in [1.29, 1.82) is 0 Å². The van der Waals surface area contributed by atoms with Gasteiger partial charge in [0.25, 0.3) is 0 Å². The number of nitrogens with zero attached hydrogens (tertiary/aromatic N) is 1. The van der Waals surface area contributed by atoms with Crippen LogP contribution in [0.5, 0.6) is 0 Å². The third-order valence-electron chi connectivity index (χ3n) is 4.18. The molecule has 0 unspecified atom stereocenters. The van der Waals surface area contributed by atoms with E-state index in [4.69, 9.17) is 0 Å². The Labute approximate surface area is 136 Å². The molecule has 0 aliphatic heterocycles. The van der Waals surface area contributed by atoms with Gasteiger partial charge in [-0.25, -0.2) is 0 Å². The van der Waals surface area contributed by atoms with Crippen molar-refractivity contribution in [3.63, 3.8) is 0 Å². The lowest BCUT2D eigenvalue weighted by atomic mass is 10.0. The van der Waals surface area contributed by atoms with E-state index in [-0.39, 0.29) is 0 Å². The van der Waals surface area contributed by atoms with Gasteiger partial charge in [0.05, 0.1) is 0 Å². The predicted octanol–water partition coefficient (Wildman–Crippen LogP) is 6.07. The minimum absolute atomic E-state index is 1.17. The summed E-state index contributed by atoms with van der Waals surface area (Å²) in [6.45, 7) is 8.99. The number of anilines is 1. The van der Waals surface area contributed by atoms with Crippen LogP contribution in [-0.4, -0.2) is 13.1 Å². The largest absolute Gasteiger partial charge is 0.372 e. The lowest BCUT2D eigenvalue weighted by Gasteiger charge is -2.25. The molecule has 0 radical (unpaired) electrons. The molecular formula is C21H29N. The molecule has 2 aromatic rings. The summed E-state index contributed by atoms with van der Waals surface area (Å²) < 4.78 is 0. The van der Waals surface area contributed by atoms with Gasteiger partial charge in [-0.15, -0.1) is 0 Å². The molecule has 2 rings (SSSR count). The molecule has 0 saturated heterocycles. The molecule has 0 N–H and O–H groups in total. The molecular weight excluding hydrogens is 266 g/mol. The first-order valence-electron chi connectivity index (χ1n) is 8.66. The molecule has 2 aromatic carbocycles. The highest BCUT2D eigenvalue weighted by molar-refractivity contribution is 5.66. The Morgan fingerprint density at radius 3 is 1.59 bits per heavy atom. The number of aryl methyl sites for hydroxylation is 1. The first-order chi connectivity index (χ1) is 10.7. The fourth-order valence-corrected chi connectivity index (χ4v) is 2.68. The van der Waals surface area contributed by atoms with E-state index in [0.717, 1.165) is 0 Å². The highest BCUT2D eigenvalue weighted by Gasteiger charge is 2.06. The summed E-state index contributed by atoms with van der Waals surface area (Å²) >= 11 is 0. The SMILES string of the molecule is CCCCN(CCCC)c1ccc(-c2ccc(C)cc2)cc1. The van der Waals surface area contributed by atoms with E-state index >= 15 is 0 Å². The number of hydrogen-bond acceptors (Lipinski definition) is 1. The summed E-state index contributed by atoms with van der Waals surface area (Å²) in [4.78, 5) is 2.53. The van der Waals surface area contributed by atoms with Crippen molar-refractivity contribution in [3.8, 4) is 11.1 Å². The fourth-order valence-electron chi connectivity index (χ4n) is 2.68. The summed E-state index contributed by atoms with van der Waals surface area (Å²) in [6.07, 6.45) is 5.04. The quantitative estimate of drug-likeness (QED) is 0.571. The van der Waals surface area contributed by atoms with Gasteiger partial charge in [0.2, 0.25) is 0 Å². The van der Waals surface area contributed by atoms with E-state index in [9.17, 15) is 0 Å². The van der Waals surface area contributed by atoms with Crippen LogP contribution in [0.2, 0.25) is 0 Å². The Morgan fingerprint density at radius 1 is 0.682 bits per heavy atom. The van der Waals surface area contributed by atoms with Gasteiger partial charge in [-0.3, -0.25) is 0 Å². The topological polar surface area (TPSA) is 3.24 Å². The van der Waals surface area contributed by atoms with Gasteiger partial charge >= 0.3 is 0 Å². The molecule has 0 aromatic heterocycles. The second-order valence-corrected chi connectivity index (χ2v) is 6.11.